The summed E-state index contributed by atoms with van der Waals surface area (Å²) in [4.78, 5) is 23.8. The minimum Gasteiger partial charge on any atom is -0.345 e. The number of aromatic nitrogens is 5. The Labute approximate surface area is 174 Å². The van der Waals surface area contributed by atoms with Gasteiger partial charge in [0.15, 0.2) is 11.5 Å². The smallest absolute Gasteiger partial charge is 0.270 e. The van der Waals surface area contributed by atoms with Crippen molar-refractivity contribution < 1.29 is 13.6 Å². The summed E-state index contributed by atoms with van der Waals surface area (Å²) in [5.74, 6) is -1.81. The number of rotatable bonds is 5. The lowest BCUT2D eigenvalue weighted by Crippen LogP contribution is -2.24. The van der Waals surface area contributed by atoms with Crippen LogP contribution in [0.4, 0.5) is 8.78 Å². The molecule has 0 aliphatic rings. The van der Waals surface area contributed by atoms with Crippen LogP contribution in [0.5, 0.6) is 0 Å². The van der Waals surface area contributed by atoms with Gasteiger partial charge >= 0.3 is 0 Å². The van der Waals surface area contributed by atoms with Crippen molar-refractivity contribution >= 4 is 5.91 Å². The minimum atomic E-state index is -0.751. The van der Waals surface area contributed by atoms with Gasteiger partial charge in [-0.2, -0.15) is 10.4 Å². The van der Waals surface area contributed by atoms with Crippen LogP contribution in [0.15, 0.2) is 61.2 Å². The highest BCUT2D eigenvalue weighted by Gasteiger charge is 2.12. The SMILES string of the molecule is N#Cc1ncc(-c2ccn(-c3cnc(CNC(=O)c4ccccn4)c(F)c3)n2)cc1F. The number of amides is 1. The van der Waals surface area contributed by atoms with Crippen molar-refractivity contribution in [2.75, 3.05) is 0 Å². The molecule has 0 bridgehead atoms. The van der Waals surface area contributed by atoms with E-state index in [0.717, 1.165) is 6.07 Å². The third-order valence-electron chi connectivity index (χ3n) is 4.31. The average molecular weight is 417 g/mol. The van der Waals surface area contributed by atoms with Crippen LogP contribution >= 0.6 is 0 Å². The molecule has 0 saturated carbocycles. The molecule has 4 heterocycles. The summed E-state index contributed by atoms with van der Waals surface area (Å²) >= 11 is 0. The van der Waals surface area contributed by atoms with Crippen LogP contribution in [0.25, 0.3) is 16.9 Å². The number of hydrogen-bond donors (Lipinski definition) is 1. The van der Waals surface area contributed by atoms with Crippen LogP contribution < -0.4 is 5.32 Å². The fourth-order valence-electron chi connectivity index (χ4n) is 2.75. The van der Waals surface area contributed by atoms with Gasteiger partial charge in [-0.05, 0) is 24.3 Å². The summed E-state index contributed by atoms with van der Waals surface area (Å²) in [6.45, 7) is -0.109. The van der Waals surface area contributed by atoms with Crippen LogP contribution in [-0.2, 0) is 6.54 Å². The lowest BCUT2D eigenvalue weighted by atomic mass is 10.2. The van der Waals surface area contributed by atoms with Gasteiger partial charge in [0.25, 0.3) is 5.91 Å². The molecule has 0 fully saturated rings. The summed E-state index contributed by atoms with van der Waals surface area (Å²) in [7, 11) is 0. The summed E-state index contributed by atoms with van der Waals surface area (Å²) in [5, 5.41) is 15.6. The van der Waals surface area contributed by atoms with E-state index in [2.05, 4.69) is 25.4 Å². The molecule has 4 rings (SSSR count). The van der Waals surface area contributed by atoms with Crippen molar-refractivity contribution in [2.24, 2.45) is 0 Å². The van der Waals surface area contributed by atoms with Gasteiger partial charge in [-0.3, -0.25) is 14.8 Å². The van der Waals surface area contributed by atoms with Crippen LogP contribution in [0, 0.1) is 23.0 Å². The highest BCUT2D eigenvalue weighted by molar-refractivity contribution is 5.92. The quantitative estimate of drug-likeness (QED) is 0.535. The Hall–Kier alpha value is -4.52. The van der Waals surface area contributed by atoms with E-state index >= 15 is 0 Å². The molecule has 4 aromatic heterocycles. The predicted octanol–water partition coefficient (Wildman–Crippen LogP) is 2.80. The summed E-state index contributed by atoms with van der Waals surface area (Å²) in [6, 6.07) is 10.5. The second-order valence-electron chi connectivity index (χ2n) is 6.33. The molecule has 10 heteroatoms. The first-order chi connectivity index (χ1) is 15.0. The lowest BCUT2D eigenvalue weighted by molar-refractivity contribution is 0.0945. The molecule has 0 spiro atoms. The first-order valence-corrected chi connectivity index (χ1v) is 9.01. The standard InChI is InChI=1S/C21H13F2N7O/c22-15-7-13(10-26-19(15)9-24)17-4-6-30(29-17)14-8-16(23)20(27-11-14)12-28-21(31)18-3-1-2-5-25-18/h1-8,10-11H,12H2,(H,28,31). The van der Waals surface area contributed by atoms with Crippen LogP contribution in [0.3, 0.4) is 0 Å². The van der Waals surface area contributed by atoms with Gasteiger partial charge in [0.05, 0.1) is 29.8 Å². The number of carbonyl (C=O) groups excluding carboxylic acids is 1. The van der Waals surface area contributed by atoms with Gasteiger partial charge in [-0.15, -0.1) is 0 Å². The maximum atomic E-state index is 14.5. The van der Waals surface area contributed by atoms with Gasteiger partial charge in [-0.1, -0.05) is 6.07 Å². The zero-order valence-corrected chi connectivity index (χ0v) is 15.8. The number of carbonyl (C=O) groups is 1. The van der Waals surface area contributed by atoms with Crippen molar-refractivity contribution in [3.05, 3.63) is 89.9 Å². The molecule has 0 aliphatic carbocycles. The van der Waals surface area contributed by atoms with Crippen molar-refractivity contribution in [3.63, 3.8) is 0 Å². The molecule has 31 heavy (non-hydrogen) atoms. The van der Waals surface area contributed by atoms with Crippen molar-refractivity contribution in [2.45, 2.75) is 6.54 Å². The normalized spacial score (nSPS) is 10.5. The molecule has 0 atom stereocenters. The third-order valence-corrected chi connectivity index (χ3v) is 4.31. The lowest BCUT2D eigenvalue weighted by Gasteiger charge is -2.07. The third kappa shape index (κ3) is 4.25. The van der Waals surface area contributed by atoms with Gasteiger partial charge in [0, 0.05) is 30.2 Å². The van der Waals surface area contributed by atoms with Crippen molar-refractivity contribution in [1.29, 1.82) is 5.26 Å². The van der Waals surface area contributed by atoms with E-state index in [9.17, 15) is 13.6 Å². The Kier molecular flexibility index (Phi) is 5.40. The summed E-state index contributed by atoms with van der Waals surface area (Å²) in [5.41, 5.74) is 1.07. The number of nitrogens with one attached hydrogen (secondary N) is 1. The highest BCUT2D eigenvalue weighted by atomic mass is 19.1. The molecule has 0 unspecified atom stereocenters. The molecule has 4 aromatic rings. The Morgan fingerprint density at radius 1 is 1.10 bits per heavy atom. The van der Waals surface area contributed by atoms with E-state index in [1.807, 2.05) is 0 Å². The molecular weight excluding hydrogens is 404 g/mol. The van der Waals surface area contributed by atoms with Gasteiger partial charge < -0.3 is 5.32 Å². The van der Waals surface area contributed by atoms with Crippen molar-refractivity contribution in [1.82, 2.24) is 30.0 Å². The van der Waals surface area contributed by atoms with E-state index in [1.165, 1.54) is 29.3 Å². The number of nitriles is 1. The van der Waals surface area contributed by atoms with Crippen LogP contribution in [0.2, 0.25) is 0 Å². The first kappa shape index (κ1) is 19.8. The number of hydrogen-bond acceptors (Lipinski definition) is 6. The molecular formula is C21H13F2N7O. The average Bonchev–Trinajstić information content (AvgIpc) is 3.29. The van der Waals surface area contributed by atoms with Crippen LogP contribution in [-0.4, -0.2) is 30.6 Å². The van der Waals surface area contributed by atoms with E-state index in [-0.39, 0.29) is 23.6 Å². The Morgan fingerprint density at radius 2 is 1.97 bits per heavy atom. The van der Waals surface area contributed by atoms with E-state index in [1.54, 1.807) is 36.5 Å². The zero-order chi connectivity index (χ0) is 21.8. The molecule has 0 saturated heterocycles. The van der Waals surface area contributed by atoms with E-state index < -0.39 is 17.5 Å². The minimum absolute atomic E-state index is 0.0544. The number of pyridine rings is 3. The predicted molar refractivity (Wildman–Crippen MR) is 105 cm³/mol. The molecule has 1 N–H and O–H groups in total. The number of nitrogens with zero attached hydrogens (tertiary/aromatic N) is 6. The van der Waals surface area contributed by atoms with E-state index in [4.69, 9.17) is 5.26 Å². The fraction of sp³-hybridized carbons (Fsp3) is 0.0476. The molecule has 0 aromatic carbocycles. The van der Waals surface area contributed by atoms with Crippen LogP contribution in [0.1, 0.15) is 21.9 Å². The Morgan fingerprint density at radius 3 is 2.68 bits per heavy atom. The molecule has 152 valence electrons. The van der Waals surface area contributed by atoms with Gasteiger partial charge in [0.1, 0.15) is 17.6 Å². The Bertz CT molecular complexity index is 1300. The molecule has 0 radical (unpaired) electrons. The zero-order valence-electron chi connectivity index (χ0n) is 15.8. The van der Waals surface area contributed by atoms with Gasteiger partial charge in [-0.25, -0.2) is 18.4 Å². The Balaban J connectivity index is 1.49. The fourth-order valence-corrected chi connectivity index (χ4v) is 2.75. The summed E-state index contributed by atoms with van der Waals surface area (Å²) in [6.07, 6.45) is 5.79. The molecule has 1 amide bonds. The molecule has 0 aliphatic heterocycles. The number of halogens is 2. The van der Waals surface area contributed by atoms with Crippen molar-refractivity contribution in [3.8, 4) is 23.0 Å². The van der Waals surface area contributed by atoms with E-state index in [0.29, 0.717) is 16.9 Å². The summed E-state index contributed by atoms with van der Waals surface area (Å²) < 4.78 is 29.7. The highest BCUT2D eigenvalue weighted by Crippen LogP contribution is 2.20. The van der Waals surface area contributed by atoms with Gasteiger partial charge in [0.2, 0.25) is 0 Å². The first-order valence-electron chi connectivity index (χ1n) is 9.01. The second kappa shape index (κ2) is 8.46. The maximum absolute atomic E-state index is 14.5. The maximum Gasteiger partial charge on any atom is 0.270 e. The molecule has 8 nitrogen and oxygen atoms in total. The monoisotopic (exact) mass is 417 g/mol. The topological polar surface area (TPSA) is 109 Å². The second-order valence-corrected chi connectivity index (χ2v) is 6.33. The largest absolute Gasteiger partial charge is 0.345 e.